The lowest BCUT2D eigenvalue weighted by molar-refractivity contribution is -0.146. The number of hydrogen-bond acceptors (Lipinski definition) is 4. The molecule has 6 heteroatoms. The van der Waals surface area contributed by atoms with Gasteiger partial charge in [0.1, 0.15) is 0 Å². The molecular weight excluding hydrogens is 442 g/mol. The lowest BCUT2D eigenvalue weighted by Gasteiger charge is -2.22. The molecule has 3 aromatic rings. The van der Waals surface area contributed by atoms with Gasteiger partial charge in [-0.05, 0) is 73.1 Å². The standard InChI is InChI=1S/C29H29NO5/c1-18-7-11-22(17-19(18)2)21-12-8-20(9-13-21)10-14-26(31)25(29(34)35)15-16-30-27(32)23-5-3-4-6-24(23)28(30)33/h3-9,11-13,17,25-26,31H,10,14-16H2,1-2H3,(H,34,35). The molecule has 1 heterocycles. The molecule has 0 saturated heterocycles. The Hall–Kier alpha value is -3.77. The minimum atomic E-state index is -1.14. The van der Waals surface area contributed by atoms with Crippen molar-refractivity contribution in [1.82, 2.24) is 4.90 Å². The Labute approximate surface area is 204 Å². The maximum atomic E-state index is 12.5. The van der Waals surface area contributed by atoms with E-state index < -0.39 is 29.8 Å². The highest BCUT2D eigenvalue weighted by molar-refractivity contribution is 6.21. The fraction of sp³-hybridized carbons (Fsp3) is 0.276. The minimum absolute atomic E-state index is 0.00627. The van der Waals surface area contributed by atoms with E-state index in [4.69, 9.17) is 0 Å². The quantitative estimate of drug-likeness (QED) is 0.443. The first-order chi connectivity index (χ1) is 16.8. The summed E-state index contributed by atoms with van der Waals surface area (Å²) in [5.74, 6) is -3.06. The van der Waals surface area contributed by atoms with Crippen molar-refractivity contribution in [3.63, 3.8) is 0 Å². The Morgan fingerprint density at radius 1 is 0.829 bits per heavy atom. The van der Waals surface area contributed by atoms with Crippen molar-refractivity contribution in [3.05, 3.63) is 94.5 Å². The van der Waals surface area contributed by atoms with Gasteiger partial charge in [-0.3, -0.25) is 19.3 Å². The Morgan fingerprint density at radius 3 is 2.00 bits per heavy atom. The Balaban J connectivity index is 1.35. The molecule has 1 aliphatic heterocycles. The summed E-state index contributed by atoms with van der Waals surface area (Å²) in [5, 5.41) is 20.3. The molecule has 0 saturated carbocycles. The number of aliphatic hydroxyl groups excluding tert-OH is 1. The van der Waals surface area contributed by atoms with E-state index in [1.54, 1.807) is 24.3 Å². The first-order valence-corrected chi connectivity index (χ1v) is 11.8. The van der Waals surface area contributed by atoms with E-state index in [-0.39, 0.29) is 19.4 Å². The van der Waals surface area contributed by atoms with Gasteiger partial charge in [-0.1, -0.05) is 54.6 Å². The van der Waals surface area contributed by atoms with Gasteiger partial charge in [-0.2, -0.15) is 0 Å². The molecule has 0 aliphatic carbocycles. The molecule has 2 amide bonds. The molecule has 2 atom stereocenters. The molecule has 0 radical (unpaired) electrons. The number of carbonyl (C=O) groups excluding carboxylic acids is 2. The monoisotopic (exact) mass is 471 g/mol. The molecule has 0 fully saturated rings. The number of aryl methyl sites for hydroxylation is 3. The molecule has 180 valence electrons. The number of rotatable bonds is 9. The number of aliphatic hydroxyl groups is 1. The van der Waals surface area contributed by atoms with Gasteiger partial charge in [0, 0.05) is 6.54 Å². The molecule has 2 N–H and O–H groups in total. The third-order valence-electron chi connectivity index (χ3n) is 6.85. The van der Waals surface area contributed by atoms with Crippen LogP contribution < -0.4 is 0 Å². The molecule has 4 rings (SSSR count). The maximum absolute atomic E-state index is 12.5. The van der Waals surface area contributed by atoms with Gasteiger partial charge in [-0.15, -0.1) is 0 Å². The summed E-state index contributed by atoms with van der Waals surface area (Å²) in [6.45, 7) is 4.12. The number of amides is 2. The average Bonchev–Trinajstić information content (AvgIpc) is 3.09. The van der Waals surface area contributed by atoms with E-state index in [0.29, 0.717) is 17.5 Å². The van der Waals surface area contributed by atoms with Gasteiger partial charge in [0.15, 0.2) is 0 Å². The number of carbonyl (C=O) groups is 3. The summed E-state index contributed by atoms with van der Waals surface area (Å²) < 4.78 is 0. The zero-order valence-electron chi connectivity index (χ0n) is 19.9. The topological polar surface area (TPSA) is 94.9 Å². The fourth-order valence-electron chi connectivity index (χ4n) is 4.49. The van der Waals surface area contributed by atoms with Crippen LogP contribution in [0.3, 0.4) is 0 Å². The second-order valence-corrected chi connectivity index (χ2v) is 9.14. The largest absolute Gasteiger partial charge is 0.481 e. The van der Waals surface area contributed by atoms with Crippen LogP contribution in [-0.4, -0.2) is 45.5 Å². The van der Waals surface area contributed by atoms with Crippen LogP contribution in [-0.2, 0) is 11.2 Å². The van der Waals surface area contributed by atoms with Gasteiger partial charge < -0.3 is 10.2 Å². The summed E-state index contributed by atoms with van der Waals surface area (Å²) in [6.07, 6.45) is -0.317. The van der Waals surface area contributed by atoms with Crippen molar-refractivity contribution < 1.29 is 24.6 Å². The number of imide groups is 1. The molecule has 35 heavy (non-hydrogen) atoms. The van der Waals surface area contributed by atoms with Crippen LogP contribution in [0.5, 0.6) is 0 Å². The van der Waals surface area contributed by atoms with Crippen LogP contribution in [0, 0.1) is 19.8 Å². The van der Waals surface area contributed by atoms with Crippen LogP contribution in [0.1, 0.15) is 50.2 Å². The van der Waals surface area contributed by atoms with Crippen LogP contribution in [0.4, 0.5) is 0 Å². The highest BCUT2D eigenvalue weighted by Gasteiger charge is 2.36. The van der Waals surface area contributed by atoms with Crippen LogP contribution in [0.15, 0.2) is 66.7 Å². The van der Waals surface area contributed by atoms with E-state index in [0.717, 1.165) is 21.6 Å². The molecule has 3 aromatic carbocycles. The van der Waals surface area contributed by atoms with E-state index in [9.17, 15) is 24.6 Å². The van der Waals surface area contributed by atoms with E-state index >= 15 is 0 Å². The lowest BCUT2D eigenvalue weighted by Crippen LogP contribution is -2.36. The number of fused-ring (bicyclic) bond motifs is 1. The Bertz CT molecular complexity index is 1230. The SMILES string of the molecule is Cc1ccc(-c2ccc(CCC(O)C(CCN3C(=O)c4ccccc4C3=O)C(=O)O)cc2)cc1C. The van der Waals surface area contributed by atoms with Crippen molar-refractivity contribution in [2.75, 3.05) is 6.54 Å². The fourth-order valence-corrected chi connectivity index (χ4v) is 4.49. The summed E-state index contributed by atoms with van der Waals surface area (Å²) in [7, 11) is 0. The van der Waals surface area contributed by atoms with E-state index in [1.165, 1.54) is 11.1 Å². The van der Waals surface area contributed by atoms with Gasteiger partial charge in [0.25, 0.3) is 11.8 Å². The Morgan fingerprint density at radius 2 is 1.43 bits per heavy atom. The number of carboxylic acid groups (broad SMARTS) is 1. The summed E-state index contributed by atoms with van der Waals surface area (Å²) >= 11 is 0. The predicted molar refractivity (Wildman–Crippen MR) is 133 cm³/mol. The van der Waals surface area contributed by atoms with Crippen LogP contribution in [0.25, 0.3) is 11.1 Å². The minimum Gasteiger partial charge on any atom is -0.481 e. The number of nitrogens with zero attached hydrogens (tertiary/aromatic N) is 1. The third kappa shape index (κ3) is 5.17. The van der Waals surface area contributed by atoms with Crippen molar-refractivity contribution in [2.24, 2.45) is 5.92 Å². The molecule has 6 nitrogen and oxygen atoms in total. The second kappa shape index (κ2) is 10.2. The van der Waals surface area contributed by atoms with Crippen molar-refractivity contribution in [2.45, 2.75) is 39.2 Å². The predicted octanol–water partition coefficient (Wildman–Crippen LogP) is 4.65. The highest BCUT2D eigenvalue weighted by atomic mass is 16.4. The molecule has 0 spiro atoms. The van der Waals surface area contributed by atoms with E-state index in [1.807, 2.05) is 24.3 Å². The van der Waals surface area contributed by atoms with Crippen molar-refractivity contribution >= 4 is 17.8 Å². The first kappa shape index (κ1) is 24.4. The second-order valence-electron chi connectivity index (χ2n) is 9.14. The summed E-state index contributed by atoms with van der Waals surface area (Å²) in [6, 6.07) is 20.9. The summed E-state index contributed by atoms with van der Waals surface area (Å²) in [5.41, 5.74) is 6.37. The lowest BCUT2D eigenvalue weighted by atomic mass is 9.92. The third-order valence-corrected chi connectivity index (χ3v) is 6.85. The Kier molecular flexibility index (Phi) is 7.12. The zero-order chi connectivity index (χ0) is 25.1. The molecule has 1 aliphatic rings. The number of aliphatic carboxylic acids is 1. The number of benzene rings is 3. The first-order valence-electron chi connectivity index (χ1n) is 11.8. The van der Waals surface area contributed by atoms with Crippen LogP contribution >= 0.6 is 0 Å². The molecule has 0 bridgehead atoms. The van der Waals surface area contributed by atoms with Gasteiger partial charge in [0.2, 0.25) is 0 Å². The van der Waals surface area contributed by atoms with Gasteiger partial charge in [0.05, 0.1) is 23.1 Å². The zero-order valence-corrected chi connectivity index (χ0v) is 19.9. The molecular formula is C29H29NO5. The number of carboxylic acids is 1. The summed E-state index contributed by atoms with van der Waals surface area (Å²) in [4.78, 5) is 38.0. The van der Waals surface area contributed by atoms with Gasteiger partial charge >= 0.3 is 5.97 Å². The molecule has 0 aromatic heterocycles. The van der Waals surface area contributed by atoms with Crippen molar-refractivity contribution in [1.29, 1.82) is 0 Å². The highest BCUT2D eigenvalue weighted by Crippen LogP contribution is 2.26. The smallest absolute Gasteiger partial charge is 0.309 e. The normalized spacial score (nSPS) is 14.7. The number of hydrogen-bond donors (Lipinski definition) is 2. The van der Waals surface area contributed by atoms with E-state index in [2.05, 4.69) is 32.0 Å². The van der Waals surface area contributed by atoms with Crippen molar-refractivity contribution in [3.8, 4) is 11.1 Å². The average molecular weight is 472 g/mol. The molecule has 2 unspecified atom stereocenters. The van der Waals surface area contributed by atoms with Gasteiger partial charge in [-0.25, -0.2) is 0 Å². The van der Waals surface area contributed by atoms with Crippen LogP contribution in [0.2, 0.25) is 0 Å². The maximum Gasteiger partial charge on any atom is 0.309 e.